The average molecular weight is 269 g/mol. The quantitative estimate of drug-likeness (QED) is 0.773. The molecule has 0 saturated carbocycles. The Morgan fingerprint density at radius 1 is 1.35 bits per heavy atom. The number of anilines is 2. The zero-order valence-electron chi connectivity index (χ0n) is 8.88. The van der Waals surface area contributed by atoms with Crippen molar-refractivity contribution in [2.24, 2.45) is 0 Å². The second kappa shape index (κ2) is 4.68. The van der Waals surface area contributed by atoms with Gasteiger partial charge in [-0.2, -0.15) is 0 Å². The third kappa shape index (κ3) is 2.22. The van der Waals surface area contributed by atoms with Crippen LogP contribution >= 0.6 is 23.7 Å². The number of nitrogens with one attached hydrogen (secondary N) is 1. The molecule has 0 aliphatic rings. The highest BCUT2D eigenvalue weighted by molar-refractivity contribution is 7.17. The first kappa shape index (κ1) is 11.8. The Hall–Kier alpha value is -1.66. The Bertz CT molecular complexity index is 636. The highest BCUT2D eigenvalue weighted by Crippen LogP contribution is 2.26. The molecule has 0 bridgehead atoms. The molecule has 0 saturated heterocycles. The number of thiophene rings is 1. The van der Waals surface area contributed by atoms with E-state index in [0.29, 0.717) is 5.82 Å². The maximum Gasteiger partial charge on any atom is 0.175 e. The van der Waals surface area contributed by atoms with E-state index in [1.165, 1.54) is 6.33 Å². The molecule has 3 aromatic heterocycles. The van der Waals surface area contributed by atoms with E-state index < -0.39 is 0 Å². The first-order valence-corrected chi connectivity index (χ1v) is 5.59. The van der Waals surface area contributed by atoms with Crippen LogP contribution in [0.5, 0.6) is 0 Å². The summed E-state index contributed by atoms with van der Waals surface area (Å²) in [4.78, 5) is 8.35. The summed E-state index contributed by atoms with van der Waals surface area (Å²) in [6.45, 7) is 1.85. The van der Waals surface area contributed by atoms with E-state index in [1.807, 2.05) is 24.4 Å². The van der Waals surface area contributed by atoms with E-state index >= 15 is 0 Å². The second-order valence-electron chi connectivity index (χ2n) is 3.31. The predicted molar refractivity (Wildman–Crippen MR) is 69.2 cm³/mol. The Morgan fingerprint density at radius 2 is 2.24 bits per heavy atom. The summed E-state index contributed by atoms with van der Waals surface area (Å²) in [6.07, 6.45) is 1.53. The summed E-state index contributed by atoms with van der Waals surface area (Å²) >= 11 is 1.59. The van der Waals surface area contributed by atoms with Gasteiger partial charge in [-0.25, -0.2) is 9.97 Å². The van der Waals surface area contributed by atoms with Gasteiger partial charge in [-0.3, -0.25) is 0 Å². The lowest BCUT2D eigenvalue weighted by atomic mass is 10.4. The molecule has 0 aromatic carbocycles. The molecule has 0 atom stereocenters. The van der Waals surface area contributed by atoms with Gasteiger partial charge in [0, 0.05) is 6.07 Å². The van der Waals surface area contributed by atoms with Gasteiger partial charge in [0.25, 0.3) is 0 Å². The van der Waals surface area contributed by atoms with Gasteiger partial charge in [0.15, 0.2) is 11.6 Å². The fourth-order valence-corrected chi connectivity index (χ4v) is 2.21. The minimum atomic E-state index is 0. The molecule has 0 radical (unpaired) electrons. The van der Waals surface area contributed by atoms with Gasteiger partial charge in [-0.15, -0.1) is 23.7 Å². The smallest absolute Gasteiger partial charge is 0.175 e. The van der Waals surface area contributed by atoms with Gasteiger partial charge in [-0.05, 0) is 18.4 Å². The van der Waals surface area contributed by atoms with Gasteiger partial charge < -0.3 is 9.84 Å². The third-order valence-corrected chi connectivity index (χ3v) is 3.03. The number of fused-ring (bicyclic) bond motifs is 1. The van der Waals surface area contributed by atoms with Crippen LogP contribution in [0.2, 0.25) is 0 Å². The van der Waals surface area contributed by atoms with Gasteiger partial charge in [-0.1, -0.05) is 5.16 Å². The standard InChI is InChI=1S/C10H8N4OS.ClH/c1-6-4-8(14-15-6)13-10-9-7(2-3-16-9)11-5-12-10;/h2-5H,1H3,(H,11,12,13,14);1H. The number of hydrogen-bond donors (Lipinski definition) is 1. The topological polar surface area (TPSA) is 63.8 Å². The molecule has 3 rings (SSSR count). The van der Waals surface area contributed by atoms with E-state index in [4.69, 9.17) is 4.52 Å². The normalized spacial score (nSPS) is 10.2. The van der Waals surface area contributed by atoms with E-state index in [0.717, 1.165) is 21.8 Å². The van der Waals surface area contributed by atoms with Crippen molar-refractivity contribution in [3.63, 3.8) is 0 Å². The molecule has 0 fully saturated rings. The van der Waals surface area contributed by atoms with Gasteiger partial charge in [0.1, 0.15) is 12.1 Å². The lowest BCUT2D eigenvalue weighted by molar-refractivity contribution is 0.400. The monoisotopic (exact) mass is 268 g/mol. The summed E-state index contributed by atoms with van der Waals surface area (Å²) in [5, 5.41) is 8.95. The summed E-state index contributed by atoms with van der Waals surface area (Å²) in [7, 11) is 0. The maximum atomic E-state index is 4.98. The number of aryl methyl sites for hydroxylation is 1. The Labute approximate surface area is 107 Å². The fourth-order valence-electron chi connectivity index (χ4n) is 1.42. The summed E-state index contributed by atoms with van der Waals surface area (Å²) in [5.41, 5.74) is 0.933. The van der Waals surface area contributed by atoms with Crippen molar-refractivity contribution in [2.45, 2.75) is 6.92 Å². The number of rotatable bonds is 2. The Balaban J connectivity index is 0.00000108. The molecular formula is C10H9ClN4OS. The van der Waals surface area contributed by atoms with Crippen molar-refractivity contribution in [3.8, 4) is 0 Å². The molecule has 0 unspecified atom stereocenters. The van der Waals surface area contributed by atoms with Crippen LogP contribution in [0.3, 0.4) is 0 Å². The van der Waals surface area contributed by atoms with Crippen LogP contribution in [0.15, 0.2) is 28.4 Å². The van der Waals surface area contributed by atoms with Gasteiger partial charge in [0.2, 0.25) is 0 Å². The highest BCUT2D eigenvalue weighted by atomic mass is 35.5. The van der Waals surface area contributed by atoms with Crippen molar-refractivity contribution in [1.29, 1.82) is 0 Å². The van der Waals surface area contributed by atoms with Crippen LogP contribution in [0.1, 0.15) is 5.76 Å². The minimum Gasteiger partial charge on any atom is -0.360 e. The molecular weight excluding hydrogens is 260 g/mol. The van der Waals surface area contributed by atoms with E-state index in [1.54, 1.807) is 11.3 Å². The minimum absolute atomic E-state index is 0. The van der Waals surface area contributed by atoms with Crippen LogP contribution in [0.25, 0.3) is 10.2 Å². The average Bonchev–Trinajstić information content (AvgIpc) is 2.87. The van der Waals surface area contributed by atoms with Crippen molar-refractivity contribution in [3.05, 3.63) is 29.6 Å². The van der Waals surface area contributed by atoms with Gasteiger partial charge >= 0.3 is 0 Å². The van der Waals surface area contributed by atoms with Crippen molar-refractivity contribution in [1.82, 2.24) is 15.1 Å². The van der Waals surface area contributed by atoms with Crippen LogP contribution in [0, 0.1) is 6.92 Å². The molecule has 5 nitrogen and oxygen atoms in total. The van der Waals surface area contributed by atoms with Crippen LogP contribution in [-0.2, 0) is 0 Å². The van der Waals surface area contributed by atoms with Crippen molar-refractivity contribution in [2.75, 3.05) is 5.32 Å². The molecule has 88 valence electrons. The first-order chi connectivity index (χ1) is 7.83. The predicted octanol–water partition coefficient (Wildman–Crippen LogP) is 3.15. The maximum absolute atomic E-state index is 4.98. The molecule has 1 N–H and O–H groups in total. The molecule has 0 spiro atoms. The molecule has 0 amide bonds. The van der Waals surface area contributed by atoms with Crippen molar-refractivity contribution < 1.29 is 4.52 Å². The number of halogens is 1. The van der Waals surface area contributed by atoms with Crippen LogP contribution in [0.4, 0.5) is 11.6 Å². The van der Waals surface area contributed by atoms with E-state index in [-0.39, 0.29) is 12.4 Å². The van der Waals surface area contributed by atoms with Crippen LogP contribution in [-0.4, -0.2) is 15.1 Å². The van der Waals surface area contributed by atoms with Crippen molar-refractivity contribution >= 4 is 45.6 Å². The molecule has 0 aliphatic carbocycles. The van der Waals surface area contributed by atoms with Crippen LogP contribution < -0.4 is 5.32 Å². The molecule has 17 heavy (non-hydrogen) atoms. The third-order valence-electron chi connectivity index (χ3n) is 2.12. The summed E-state index contributed by atoms with van der Waals surface area (Å²) < 4.78 is 5.99. The molecule has 3 heterocycles. The number of hydrogen-bond acceptors (Lipinski definition) is 6. The molecule has 0 aliphatic heterocycles. The summed E-state index contributed by atoms with van der Waals surface area (Å²) in [6, 6.07) is 3.78. The fraction of sp³-hybridized carbons (Fsp3) is 0.100. The van der Waals surface area contributed by atoms with Gasteiger partial charge in [0.05, 0.1) is 10.2 Å². The lowest BCUT2D eigenvalue weighted by Gasteiger charge is -2.00. The zero-order valence-corrected chi connectivity index (χ0v) is 10.5. The largest absolute Gasteiger partial charge is 0.360 e. The SMILES string of the molecule is Cc1cc(Nc2ncnc3ccsc23)no1.Cl. The lowest BCUT2D eigenvalue weighted by Crippen LogP contribution is -1.94. The number of aromatic nitrogens is 3. The van der Waals surface area contributed by atoms with E-state index in [9.17, 15) is 0 Å². The first-order valence-electron chi connectivity index (χ1n) is 4.71. The molecule has 7 heteroatoms. The Morgan fingerprint density at radius 3 is 3.00 bits per heavy atom. The van der Waals surface area contributed by atoms with E-state index in [2.05, 4.69) is 20.4 Å². The second-order valence-corrected chi connectivity index (χ2v) is 4.22. The Kier molecular flexibility index (Phi) is 3.26. The highest BCUT2D eigenvalue weighted by Gasteiger charge is 2.07. The summed E-state index contributed by atoms with van der Waals surface area (Å²) in [5.74, 6) is 2.18. The molecule has 3 aromatic rings. The zero-order chi connectivity index (χ0) is 11.0. The number of nitrogens with zero attached hydrogens (tertiary/aromatic N) is 3.